The van der Waals surface area contributed by atoms with Gasteiger partial charge >= 0.3 is 5.97 Å². The second-order valence-electron chi connectivity index (χ2n) is 3.61. The van der Waals surface area contributed by atoms with Crippen molar-refractivity contribution in [2.75, 3.05) is 26.9 Å². The van der Waals surface area contributed by atoms with Gasteiger partial charge < -0.3 is 14.8 Å². The fourth-order valence-electron chi connectivity index (χ4n) is 1.24. The van der Waals surface area contributed by atoms with Crippen molar-refractivity contribution in [3.63, 3.8) is 0 Å². The van der Waals surface area contributed by atoms with Crippen LogP contribution in [0, 0.1) is 5.92 Å². The number of carbonyl (C=O) groups excluding carboxylic acids is 1. The summed E-state index contributed by atoms with van der Waals surface area (Å²) in [5.74, 6) is 0.484. The highest BCUT2D eigenvalue weighted by atomic mass is 16.5. The molecule has 0 aliphatic heterocycles. The predicted octanol–water partition coefficient (Wildman–Crippen LogP) is 0.564. The Kier molecular flexibility index (Phi) is 4.90. The van der Waals surface area contributed by atoms with E-state index >= 15 is 0 Å². The summed E-state index contributed by atoms with van der Waals surface area (Å²) < 4.78 is 10.1. The molecule has 0 radical (unpaired) electrons. The Morgan fingerprint density at radius 3 is 2.79 bits per heavy atom. The quantitative estimate of drug-likeness (QED) is 0.612. The molecule has 0 bridgehead atoms. The van der Waals surface area contributed by atoms with E-state index in [1.807, 2.05) is 6.92 Å². The minimum absolute atomic E-state index is 0.248. The molecule has 14 heavy (non-hydrogen) atoms. The molecule has 0 heterocycles. The highest BCUT2D eigenvalue weighted by Gasteiger charge is 2.23. The van der Waals surface area contributed by atoms with Crippen LogP contribution in [0.3, 0.4) is 0 Å². The summed E-state index contributed by atoms with van der Waals surface area (Å²) in [5, 5.41) is 3.03. The van der Waals surface area contributed by atoms with Crippen LogP contribution in [0.25, 0.3) is 0 Å². The van der Waals surface area contributed by atoms with Gasteiger partial charge in [0.1, 0.15) is 6.04 Å². The Morgan fingerprint density at radius 1 is 1.57 bits per heavy atom. The number of likely N-dealkylation sites (N-methyl/N-ethyl adjacent to an activating group) is 1. The Morgan fingerprint density at radius 2 is 2.29 bits per heavy atom. The average molecular weight is 201 g/mol. The number of ether oxygens (including phenoxy) is 2. The third kappa shape index (κ3) is 4.07. The third-order valence-electron chi connectivity index (χ3n) is 2.27. The van der Waals surface area contributed by atoms with E-state index in [9.17, 15) is 4.79 Å². The third-order valence-corrected chi connectivity index (χ3v) is 2.27. The topological polar surface area (TPSA) is 47.6 Å². The number of esters is 1. The van der Waals surface area contributed by atoms with Crippen molar-refractivity contribution >= 4 is 5.97 Å². The maximum Gasteiger partial charge on any atom is 0.325 e. The lowest BCUT2D eigenvalue weighted by atomic mass is 10.3. The number of hydrogen-bond acceptors (Lipinski definition) is 4. The van der Waals surface area contributed by atoms with Crippen molar-refractivity contribution in [1.29, 1.82) is 0 Å². The van der Waals surface area contributed by atoms with Crippen molar-refractivity contribution in [3.05, 3.63) is 0 Å². The SMILES string of the molecule is CCNC(COCC1CC1)C(=O)OC. The molecule has 0 aromatic carbocycles. The number of methoxy groups -OCH3 is 1. The monoisotopic (exact) mass is 201 g/mol. The zero-order valence-corrected chi connectivity index (χ0v) is 8.91. The molecule has 4 heteroatoms. The highest BCUT2D eigenvalue weighted by molar-refractivity contribution is 5.75. The largest absolute Gasteiger partial charge is 0.468 e. The van der Waals surface area contributed by atoms with Crippen LogP contribution in [0.4, 0.5) is 0 Å². The van der Waals surface area contributed by atoms with Gasteiger partial charge in [0.25, 0.3) is 0 Å². The molecule has 1 rings (SSSR count). The summed E-state index contributed by atoms with van der Waals surface area (Å²) in [7, 11) is 1.40. The van der Waals surface area contributed by atoms with Crippen LogP contribution >= 0.6 is 0 Å². The van der Waals surface area contributed by atoms with Gasteiger partial charge in [0, 0.05) is 6.61 Å². The molecule has 1 fully saturated rings. The minimum Gasteiger partial charge on any atom is -0.468 e. The predicted molar refractivity (Wildman–Crippen MR) is 53.0 cm³/mol. The van der Waals surface area contributed by atoms with Crippen molar-refractivity contribution in [2.45, 2.75) is 25.8 Å². The standard InChI is InChI=1S/C10H19NO3/c1-3-11-9(10(12)13-2)7-14-6-8-4-5-8/h8-9,11H,3-7H2,1-2H3. The lowest BCUT2D eigenvalue weighted by Gasteiger charge is -2.15. The molecule has 1 saturated carbocycles. The zero-order chi connectivity index (χ0) is 10.4. The van der Waals surface area contributed by atoms with Crippen molar-refractivity contribution in [2.24, 2.45) is 5.92 Å². The summed E-state index contributed by atoms with van der Waals surface area (Å²) in [5.41, 5.74) is 0. The maximum absolute atomic E-state index is 11.2. The molecule has 0 amide bonds. The molecule has 0 aromatic rings. The minimum atomic E-state index is -0.316. The van der Waals surface area contributed by atoms with E-state index in [-0.39, 0.29) is 12.0 Å². The first-order valence-corrected chi connectivity index (χ1v) is 5.16. The first kappa shape index (κ1) is 11.5. The summed E-state index contributed by atoms with van der Waals surface area (Å²) in [6.07, 6.45) is 2.54. The van der Waals surface area contributed by atoms with E-state index in [0.29, 0.717) is 6.61 Å². The van der Waals surface area contributed by atoms with Gasteiger partial charge in [-0.05, 0) is 25.3 Å². The molecule has 4 nitrogen and oxygen atoms in total. The van der Waals surface area contributed by atoms with Crippen LogP contribution in [0.15, 0.2) is 0 Å². The molecule has 1 atom stereocenters. The van der Waals surface area contributed by atoms with Gasteiger partial charge in [-0.1, -0.05) is 6.92 Å². The van der Waals surface area contributed by atoms with Crippen molar-refractivity contribution in [3.8, 4) is 0 Å². The van der Waals surface area contributed by atoms with Gasteiger partial charge in [-0.25, -0.2) is 0 Å². The second-order valence-corrected chi connectivity index (χ2v) is 3.61. The smallest absolute Gasteiger partial charge is 0.325 e. The second kappa shape index (κ2) is 5.98. The van der Waals surface area contributed by atoms with Gasteiger partial charge in [0.05, 0.1) is 13.7 Å². The fraction of sp³-hybridized carbons (Fsp3) is 0.900. The summed E-state index contributed by atoms with van der Waals surface area (Å²) in [6, 6.07) is -0.316. The lowest BCUT2D eigenvalue weighted by Crippen LogP contribution is -2.41. The van der Waals surface area contributed by atoms with E-state index in [1.54, 1.807) is 0 Å². The normalized spacial score (nSPS) is 17.9. The highest BCUT2D eigenvalue weighted by Crippen LogP contribution is 2.28. The first-order chi connectivity index (χ1) is 6.77. The van der Waals surface area contributed by atoms with Crippen molar-refractivity contribution < 1.29 is 14.3 Å². The zero-order valence-electron chi connectivity index (χ0n) is 8.91. The molecule has 0 aromatic heterocycles. The number of carbonyl (C=O) groups is 1. The Balaban J connectivity index is 2.15. The van der Waals surface area contributed by atoms with E-state index in [1.165, 1.54) is 20.0 Å². The molecular weight excluding hydrogens is 182 g/mol. The molecule has 0 saturated heterocycles. The van der Waals surface area contributed by atoms with Crippen LogP contribution in [0.1, 0.15) is 19.8 Å². The van der Waals surface area contributed by atoms with Gasteiger partial charge in [0.15, 0.2) is 0 Å². The Bertz CT molecular complexity index is 180. The van der Waals surface area contributed by atoms with Crippen LogP contribution in [0.5, 0.6) is 0 Å². The molecule has 82 valence electrons. The lowest BCUT2D eigenvalue weighted by molar-refractivity contribution is -0.144. The molecular formula is C10H19NO3. The van der Waals surface area contributed by atoms with Crippen LogP contribution in [0.2, 0.25) is 0 Å². The van der Waals surface area contributed by atoms with Gasteiger partial charge in [-0.3, -0.25) is 4.79 Å². The van der Waals surface area contributed by atoms with Crippen molar-refractivity contribution in [1.82, 2.24) is 5.32 Å². The molecule has 1 N–H and O–H groups in total. The number of hydrogen-bond donors (Lipinski definition) is 1. The van der Waals surface area contributed by atoms with Gasteiger partial charge in [-0.15, -0.1) is 0 Å². The molecule has 1 unspecified atom stereocenters. The number of rotatable bonds is 7. The van der Waals surface area contributed by atoms with E-state index in [4.69, 9.17) is 4.74 Å². The summed E-state index contributed by atoms with van der Waals surface area (Å²) in [4.78, 5) is 11.2. The van der Waals surface area contributed by atoms with Crippen LogP contribution in [-0.4, -0.2) is 38.9 Å². The Hall–Kier alpha value is -0.610. The Labute approximate surface area is 85.0 Å². The van der Waals surface area contributed by atoms with Crippen LogP contribution < -0.4 is 5.32 Å². The molecule has 1 aliphatic carbocycles. The summed E-state index contributed by atoms with van der Waals surface area (Å²) in [6.45, 7) is 3.89. The van der Waals surface area contributed by atoms with Gasteiger partial charge in [0.2, 0.25) is 0 Å². The average Bonchev–Trinajstić information content (AvgIpc) is 2.99. The van der Waals surface area contributed by atoms with E-state index in [2.05, 4.69) is 10.1 Å². The summed E-state index contributed by atoms with van der Waals surface area (Å²) >= 11 is 0. The van der Waals surface area contributed by atoms with E-state index in [0.717, 1.165) is 19.1 Å². The van der Waals surface area contributed by atoms with Gasteiger partial charge in [-0.2, -0.15) is 0 Å². The number of nitrogens with one attached hydrogen (secondary N) is 1. The maximum atomic E-state index is 11.2. The van der Waals surface area contributed by atoms with Crippen LogP contribution in [-0.2, 0) is 14.3 Å². The first-order valence-electron chi connectivity index (χ1n) is 5.16. The van der Waals surface area contributed by atoms with E-state index < -0.39 is 0 Å². The molecule has 0 spiro atoms. The molecule has 1 aliphatic rings. The fourth-order valence-corrected chi connectivity index (χ4v) is 1.24.